The van der Waals surface area contributed by atoms with E-state index in [-0.39, 0.29) is 0 Å². The molecule has 0 aliphatic rings. The van der Waals surface area contributed by atoms with Gasteiger partial charge in [-0.25, -0.2) is 0 Å². The molecule has 1 N–H and O–H groups in total. The highest BCUT2D eigenvalue weighted by Crippen LogP contribution is 2.11. The molecule has 0 aromatic carbocycles. The zero-order valence-corrected chi connectivity index (χ0v) is 8.11. The fourth-order valence-electron chi connectivity index (χ4n) is 0.182. The van der Waals surface area contributed by atoms with Crippen LogP contribution in [0.5, 0.6) is 0 Å². The minimum Gasteiger partial charge on any atom is -0.285 e. The molecule has 0 heterocycles. The van der Waals surface area contributed by atoms with Crippen LogP contribution in [-0.4, -0.2) is 26.9 Å². The molecule has 0 rings (SSSR count). The Hall–Kier alpha value is 0.127. The topological polar surface area (TPSA) is 54.4 Å². The van der Waals surface area contributed by atoms with Gasteiger partial charge in [0.25, 0.3) is 10.1 Å². The SMILES string of the molecule is C[SiH2]C(C)(C)S(=O)(=O)O. The summed E-state index contributed by atoms with van der Waals surface area (Å²) in [7, 11) is -4.49. The van der Waals surface area contributed by atoms with Crippen molar-refractivity contribution in [3.8, 4) is 0 Å². The predicted octanol–water partition coefficient (Wildman–Crippen LogP) is -0.173. The average molecular weight is 168 g/mol. The van der Waals surface area contributed by atoms with Crippen LogP contribution in [0.15, 0.2) is 0 Å². The van der Waals surface area contributed by atoms with Crippen molar-refractivity contribution in [3.63, 3.8) is 0 Å². The summed E-state index contributed by atoms with van der Waals surface area (Å²) in [5, 5.41) is 0. The monoisotopic (exact) mass is 168 g/mol. The minimum absolute atomic E-state index is 0.700. The first-order valence-electron chi connectivity index (χ1n) is 2.78. The minimum atomic E-state index is -3.79. The third-order valence-corrected chi connectivity index (χ3v) is 6.61. The first-order valence-corrected chi connectivity index (χ1v) is 6.34. The van der Waals surface area contributed by atoms with Crippen LogP contribution in [0.3, 0.4) is 0 Å². The first kappa shape index (κ1) is 9.13. The van der Waals surface area contributed by atoms with E-state index in [4.69, 9.17) is 4.55 Å². The van der Waals surface area contributed by atoms with E-state index in [0.29, 0.717) is 0 Å². The summed E-state index contributed by atoms with van der Waals surface area (Å²) in [6, 6.07) is 0. The van der Waals surface area contributed by atoms with Crippen molar-refractivity contribution in [3.05, 3.63) is 0 Å². The number of rotatable bonds is 2. The van der Waals surface area contributed by atoms with E-state index in [2.05, 4.69) is 0 Å². The molecule has 0 aliphatic heterocycles. The maximum absolute atomic E-state index is 10.5. The largest absolute Gasteiger partial charge is 0.285 e. The summed E-state index contributed by atoms with van der Waals surface area (Å²) < 4.78 is 28.6. The van der Waals surface area contributed by atoms with Crippen molar-refractivity contribution in [2.75, 3.05) is 0 Å². The zero-order valence-electron chi connectivity index (χ0n) is 5.88. The van der Waals surface area contributed by atoms with E-state index < -0.39 is 24.0 Å². The third kappa shape index (κ3) is 2.07. The molecule has 3 nitrogen and oxygen atoms in total. The Kier molecular flexibility index (Phi) is 2.43. The van der Waals surface area contributed by atoms with Gasteiger partial charge in [0.15, 0.2) is 0 Å². The van der Waals surface area contributed by atoms with Crippen LogP contribution in [0.1, 0.15) is 13.8 Å². The van der Waals surface area contributed by atoms with E-state index >= 15 is 0 Å². The first-order chi connectivity index (χ1) is 3.81. The summed E-state index contributed by atoms with van der Waals surface area (Å²) in [6.07, 6.45) is 0. The molecule has 0 spiro atoms. The van der Waals surface area contributed by atoms with Crippen molar-refractivity contribution in [2.24, 2.45) is 0 Å². The van der Waals surface area contributed by atoms with Crippen molar-refractivity contribution >= 4 is 19.6 Å². The molecule has 0 unspecified atom stereocenters. The zero-order chi connectivity index (χ0) is 7.71. The van der Waals surface area contributed by atoms with Gasteiger partial charge < -0.3 is 0 Å². The Labute approximate surface area is 58.0 Å². The van der Waals surface area contributed by atoms with Crippen LogP contribution in [0, 0.1) is 0 Å². The summed E-state index contributed by atoms with van der Waals surface area (Å²) in [6.45, 7) is 4.96. The lowest BCUT2D eigenvalue weighted by molar-refractivity contribution is 0.466. The second-order valence-electron chi connectivity index (χ2n) is 2.59. The smallest absolute Gasteiger partial charge is 0.266 e. The second kappa shape index (κ2) is 2.40. The quantitative estimate of drug-likeness (QED) is 0.460. The Balaban J connectivity index is 4.56. The molecule has 0 amide bonds. The molecule has 0 radical (unpaired) electrons. The van der Waals surface area contributed by atoms with Crippen LogP contribution in [-0.2, 0) is 10.1 Å². The van der Waals surface area contributed by atoms with Gasteiger partial charge in [-0.1, -0.05) is 6.55 Å². The van der Waals surface area contributed by atoms with Gasteiger partial charge in [-0.05, 0) is 13.8 Å². The molecule has 0 aliphatic carbocycles. The van der Waals surface area contributed by atoms with Gasteiger partial charge >= 0.3 is 0 Å². The molecular weight excluding hydrogens is 156 g/mol. The molecular formula is C4H12O3SSi. The van der Waals surface area contributed by atoms with E-state index in [1.807, 2.05) is 6.55 Å². The summed E-state index contributed by atoms with van der Waals surface area (Å²) in [5.41, 5.74) is 0. The van der Waals surface area contributed by atoms with Crippen LogP contribution in [0.2, 0.25) is 6.55 Å². The molecule has 9 heavy (non-hydrogen) atoms. The molecule has 0 aromatic heterocycles. The van der Waals surface area contributed by atoms with Crippen molar-refractivity contribution < 1.29 is 13.0 Å². The second-order valence-corrected chi connectivity index (χ2v) is 7.63. The van der Waals surface area contributed by atoms with E-state index in [1.54, 1.807) is 13.8 Å². The number of hydrogen-bond acceptors (Lipinski definition) is 2. The molecule has 5 heteroatoms. The van der Waals surface area contributed by atoms with Gasteiger partial charge in [0.1, 0.15) is 0 Å². The van der Waals surface area contributed by atoms with Crippen molar-refractivity contribution in [1.29, 1.82) is 0 Å². The maximum atomic E-state index is 10.5. The van der Waals surface area contributed by atoms with Gasteiger partial charge in [0.05, 0.1) is 4.37 Å². The highest BCUT2D eigenvalue weighted by atomic mass is 32.2. The Morgan fingerprint density at radius 3 is 1.78 bits per heavy atom. The van der Waals surface area contributed by atoms with Crippen molar-refractivity contribution in [1.82, 2.24) is 0 Å². The average Bonchev–Trinajstić information content (AvgIpc) is 1.64. The standard InChI is InChI=1S/C4H12O3SSi/c1-4(2,9-3)8(5,6)7/h9H2,1-3H3,(H,5,6,7). The fraction of sp³-hybridized carbons (Fsp3) is 1.00. The van der Waals surface area contributed by atoms with Gasteiger partial charge in [0.2, 0.25) is 0 Å². The van der Waals surface area contributed by atoms with E-state index in [9.17, 15) is 8.42 Å². The van der Waals surface area contributed by atoms with E-state index in [0.717, 1.165) is 0 Å². The lowest BCUT2D eigenvalue weighted by Crippen LogP contribution is -2.36. The van der Waals surface area contributed by atoms with Gasteiger partial charge in [-0.15, -0.1) is 0 Å². The van der Waals surface area contributed by atoms with Crippen molar-refractivity contribution in [2.45, 2.75) is 24.8 Å². The van der Waals surface area contributed by atoms with Crippen LogP contribution in [0.4, 0.5) is 0 Å². The fourth-order valence-corrected chi connectivity index (χ4v) is 1.64. The molecule has 0 saturated heterocycles. The third-order valence-electron chi connectivity index (χ3n) is 1.55. The normalized spacial score (nSPS) is 15.1. The number of hydrogen-bond donors (Lipinski definition) is 1. The summed E-state index contributed by atoms with van der Waals surface area (Å²) >= 11 is 0. The van der Waals surface area contributed by atoms with Gasteiger partial charge in [-0.2, -0.15) is 8.42 Å². The Morgan fingerprint density at radius 1 is 1.44 bits per heavy atom. The van der Waals surface area contributed by atoms with Gasteiger partial charge in [0, 0.05) is 9.52 Å². The summed E-state index contributed by atoms with van der Waals surface area (Å²) in [5.74, 6) is 0. The highest BCUT2D eigenvalue weighted by Gasteiger charge is 2.29. The molecule has 0 fully saturated rings. The highest BCUT2D eigenvalue weighted by molar-refractivity contribution is 7.88. The summed E-state index contributed by atoms with van der Waals surface area (Å²) in [4.78, 5) is 0. The van der Waals surface area contributed by atoms with Crippen LogP contribution in [0.25, 0.3) is 0 Å². The lowest BCUT2D eigenvalue weighted by Gasteiger charge is -2.16. The Morgan fingerprint density at radius 2 is 1.78 bits per heavy atom. The predicted molar refractivity (Wildman–Crippen MR) is 40.0 cm³/mol. The molecule has 0 atom stereocenters. The molecule has 0 bridgehead atoms. The van der Waals surface area contributed by atoms with Crippen LogP contribution < -0.4 is 0 Å². The molecule has 56 valence electrons. The Bertz CT molecular complexity index is 182. The van der Waals surface area contributed by atoms with Crippen LogP contribution >= 0.6 is 0 Å². The van der Waals surface area contributed by atoms with Gasteiger partial charge in [-0.3, -0.25) is 4.55 Å². The lowest BCUT2D eigenvalue weighted by atomic mass is 10.5. The molecule has 0 saturated carbocycles. The van der Waals surface area contributed by atoms with E-state index in [1.165, 1.54) is 0 Å². The molecule has 0 aromatic rings. The maximum Gasteiger partial charge on any atom is 0.266 e.